The Bertz CT molecular complexity index is 1220. The lowest BCUT2D eigenvalue weighted by molar-refractivity contribution is -0.132. The molecule has 1 aliphatic heterocycles. The van der Waals surface area contributed by atoms with Gasteiger partial charge in [0.05, 0.1) is 16.0 Å². The normalized spacial score (nSPS) is 15.4. The minimum Gasteiger partial charge on any atom is -0.467 e. The van der Waals surface area contributed by atoms with Gasteiger partial charge in [-0.25, -0.2) is 17.2 Å². The average molecular weight is 467 g/mol. The molecule has 1 saturated heterocycles. The van der Waals surface area contributed by atoms with E-state index in [-0.39, 0.29) is 34.0 Å². The van der Waals surface area contributed by atoms with Gasteiger partial charge in [-0.2, -0.15) is 4.98 Å². The maximum absolute atomic E-state index is 13.8. The number of ether oxygens (including phenoxy) is 1. The first-order valence-corrected chi connectivity index (χ1v) is 12.4. The first kappa shape index (κ1) is 21.6. The number of fused-ring (bicyclic) bond motifs is 1. The summed E-state index contributed by atoms with van der Waals surface area (Å²) in [4.78, 5) is 18.7. The molecule has 3 aromatic rings. The number of hydrogen-bond donors (Lipinski definition) is 0. The third-order valence-corrected chi connectivity index (χ3v) is 7.18. The summed E-state index contributed by atoms with van der Waals surface area (Å²) in [7, 11) is -3.27. The van der Waals surface area contributed by atoms with E-state index in [1.807, 2.05) is 0 Å². The molecule has 0 saturated carbocycles. The highest BCUT2D eigenvalue weighted by atomic mass is 32.2. The average Bonchev–Trinajstić information content (AvgIpc) is 3.11. The summed E-state index contributed by atoms with van der Waals surface area (Å²) in [6.45, 7) is 1.03. The van der Waals surface area contributed by atoms with Crippen molar-refractivity contribution in [1.29, 1.82) is 0 Å². The molecule has 0 spiro atoms. The van der Waals surface area contributed by atoms with Crippen LogP contribution in [-0.2, 0) is 21.1 Å². The molecule has 0 atom stereocenters. The van der Waals surface area contributed by atoms with Gasteiger partial charge in [0.1, 0.15) is 17.4 Å². The van der Waals surface area contributed by atoms with Crippen molar-refractivity contribution < 1.29 is 26.7 Å². The number of carbonyl (C=O) groups is 1. The van der Waals surface area contributed by atoms with Crippen LogP contribution in [0.2, 0.25) is 0 Å². The van der Waals surface area contributed by atoms with Crippen LogP contribution in [0.1, 0.15) is 18.4 Å². The van der Waals surface area contributed by atoms with Crippen molar-refractivity contribution in [2.45, 2.75) is 30.3 Å². The van der Waals surface area contributed by atoms with Gasteiger partial charge >= 0.3 is 0 Å². The van der Waals surface area contributed by atoms with E-state index in [4.69, 9.17) is 4.74 Å². The number of amides is 1. The van der Waals surface area contributed by atoms with Crippen LogP contribution in [0.15, 0.2) is 41.3 Å². The highest BCUT2D eigenvalue weighted by molar-refractivity contribution is 7.90. The lowest BCUT2D eigenvalue weighted by Gasteiger charge is -2.31. The summed E-state index contributed by atoms with van der Waals surface area (Å²) in [6, 6.07) is 8.34. The van der Waals surface area contributed by atoms with Gasteiger partial charge < -0.3 is 9.64 Å². The fourth-order valence-electron chi connectivity index (χ4n) is 3.49. The second kappa shape index (κ2) is 8.51. The number of thiazole rings is 1. The number of likely N-dealkylation sites (tertiary alicyclic amines) is 1. The number of halogens is 2. The molecule has 1 fully saturated rings. The topological polar surface area (TPSA) is 76.6 Å². The van der Waals surface area contributed by atoms with Crippen LogP contribution in [0, 0.1) is 11.6 Å². The van der Waals surface area contributed by atoms with Crippen molar-refractivity contribution in [2.24, 2.45) is 0 Å². The van der Waals surface area contributed by atoms with Gasteiger partial charge in [0.25, 0.3) is 5.19 Å². The monoisotopic (exact) mass is 466 g/mol. The van der Waals surface area contributed by atoms with Gasteiger partial charge in [-0.1, -0.05) is 23.5 Å². The van der Waals surface area contributed by atoms with Crippen LogP contribution in [-0.4, -0.2) is 49.7 Å². The Morgan fingerprint density at radius 2 is 1.87 bits per heavy atom. The molecule has 1 aliphatic rings. The van der Waals surface area contributed by atoms with E-state index in [9.17, 15) is 22.0 Å². The second-order valence-corrected chi connectivity index (χ2v) is 10.5. The molecule has 0 N–H and O–H groups in total. The van der Waals surface area contributed by atoms with Gasteiger partial charge in [-0.3, -0.25) is 4.79 Å². The summed E-state index contributed by atoms with van der Waals surface area (Å²) in [5, 5.41) is 0.287. The molecule has 0 aliphatic carbocycles. The summed E-state index contributed by atoms with van der Waals surface area (Å²) in [5.74, 6) is -1.41. The second-order valence-electron chi connectivity index (χ2n) is 7.51. The SMILES string of the molecule is CS(=O)(=O)c1ccc(CC(=O)N2CCC(Oc3nc4c(F)cc(F)cc4s3)CC2)cc1. The minimum absolute atomic E-state index is 0.0388. The number of nitrogens with zero attached hydrogens (tertiary/aromatic N) is 2. The zero-order valence-electron chi connectivity index (χ0n) is 16.7. The van der Waals surface area contributed by atoms with Crippen LogP contribution in [0.5, 0.6) is 5.19 Å². The Morgan fingerprint density at radius 3 is 2.52 bits per heavy atom. The number of aromatic nitrogens is 1. The lowest BCUT2D eigenvalue weighted by Crippen LogP contribution is -2.42. The minimum atomic E-state index is -3.27. The Labute approximate surface area is 182 Å². The zero-order valence-corrected chi connectivity index (χ0v) is 18.3. The van der Waals surface area contributed by atoms with Crippen molar-refractivity contribution in [3.05, 3.63) is 53.6 Å². The van der Waals surface area contributed by atoms with E-state index in [1.165, 1.54) is 18.2 Å². The van der Waals surface area contributed by atoms with Gasteiger partial charge in [-0.05, 0) is 23.8 Å². The van der Waals surface area contributed by atoms with E-state index in [0.717, 1.165) is 29.2 Å². The number of rotatable bonds is 5. The van der Waals surface area contributed by atoms with Crippen LogP contribution >= 0.6 is 11.3 Å². The van der Waals surface area contributed by atoms with E-state index < -0.39 is 21.5 Å². The molecule has 1 amide bonds. The maximum atomic E-state index is 13.8. The molecule has 164 valence electrons. The molecule has 31 heavy (non-hydrogen) atoms. The number of piperidine rings is 1. The molecule has 10 heteroatoms. The summed E-state index contributed by atoms with van der Waals surface area (Å²) >= 11 is 1.09. The molecule has 2 aromatic carbocycles. The largest absolute Gasteiger partial charge is 0.467 e. The van der Waals surface area contributed by atoms with Crippen molar-refractivity contribution in [3.8, 4) is 5.19 Å². The molecular weight excluding hydrogens is 446 g/mol. The highest BCUT2D eigenvalue weighted by Crippen LogP contribution is 2.32. The number of hydrogen-bond acceptors (Lipinski definition) is 6. The van der Waals surface area contributed by atoms with Gasteiger partial charge in [0.2, 0.25) is 5.91 Å². The first-order valence-electron chi connectivity index (χ1n) is 9.68. The Morgan fingerprint density at radius 1 is 1.19 bits per heavy atom. The zero-order chi connectivity index (χ0) is 22.2. The van der Waals surface area contributed by atoms with Crippen LogP contribution in [0.25, 0.3) is 10.2 Å². The van der Waals surface area contributed by atoms with Crippen molar-refractivity contribution >= 4 is 37.3 Å². The Hall–Kier alpha value is -2.59. The molecule has 0 radical (unpaired) electrons. The number of benzene rings is 2. The standard InChI is InChI=1S/C21H20F2N2O4S2/c1-31(27,28)16-4-2-13(3-5-16)10-19(26)25-8-6-15(7-9-25)29-21-24-20-17(23)11-14(22)12-18(20)30-21/h2-5,11-12,15H,6-10H2,1H3. The highest BCUT2D eigenvalue weighted by Gasteiger charge is 2.25. The van der Waals surface area contributed by atoms with Gasteiger partial charge in [0, 0.05) is 38.3 Å². The Kier molecular flexibility index (Phi) is 5.94. The molecule has 0 unspecified atom stereocenters. The smallest absolute Gasteiger partial charge is 0.274 e. The molecule has 1 aromatic heterocycles. The van der Waals surface area contributed by atoms with E-state index >= 15 is 0 Å². The first-order chi connectivity index (χ1) is 14.7. The summed E-state index contributed by atoms with van der Waals surface area (Å²) < 4.78 is 56.5. The van der Waals surface area contributed by atoms with Gasteiger partial charge in [-0.15, -0.1) is 0 Å². The van der Waals surface area contributed by atoms with E-state index in [1.54, 1.807) is 17.0 Å². The number of carbonyl (C=O) groups excluding carboxylic acids is 1. The third kappa shape index (κ3) is 5.01. The summed E-state index contributed by atoms with van der Waals surface area (Å²) in [5.41, 5.74) is 0.843. The lowest BCUT2D eigenvalue weighted by atomic mass is 10.1. The summed E-state index contributed by atoms with van der Waals surface area (Å²) in [6.07, 6.45) is 2.38. The Balaban J connectivity index is 1.32. The van der Waals surface area contributed by atoms with Gasteiger partial charge in [0.15, 0.2) is 15.7 Å². The van der Waals surface area contributed by atoms with Crippen molar-refractivity contribution in [2.75, 3.05) is 19.3 Å². The fraction of sp³-hybridized carbons (Fsp3) is 0.333. The van der Waals surface area contributed by atoms with Crippen molar-refractivity contribution in [3.63, 3.8) is 0 Å². The van der Waals surface area contributed by atoms with E-state index in [0.29, 0.717) is 30.6 Å². The maximum Gasteiger partial charge on any atom is 0.274 e. The van der Waals surface area contributed by atoms with Crippen molar-refractivity contribution in [1.82, 2.24) is 9.88 Å². The molecule has 4 rings (SSSR count). The third-order valence-electron chi connectivity index (χ3n) is 5.16. The quantitative estimate of drug-likeness (QED) is 0.574. The fourth-order valence-corrected chi connectivity index (χ4v) is 5.04. The van der Waals surface area contributed by atoms with Crippen LogP contribution in [0.3, 0.4) is 0 Å². The van der Waals surface area contributed by atoms with Crippen LogP contribution < -0.4 is 4.74 Å². The molecule has 0 bridgehead atoms. The molecular formula is C21H20F2N2O4S2. The predicted molar refractivity (Wildman–Crippen MR) is 113 cm³/mol. The predicted octanol–water partition coefficient (Wildman–Crippen LogP) is 3.59. The van der Waals surface area contributed by atoms with E-state index in [2.05, 4.69) is 4.98 Å². The molecule has 6 nitrogen and oxygen atoms in total. The van der Waals surface area contributed by atoms with Crippen LogP contribution in [0.4, 0.5) is 8.78 Å². The number of sulfone groups is 1. The molecule has 2 heterocycles.